The minimum absolute atomic E-state index is 0.0261. The number of carbonyl (C=O) groups is 2. The Kier molecular flexibility index (Phi) is 6.49. The number of hydrogen-bond acceptors (Lipinski definition) is 3. The van der Waals surface area contributed by atoms with Gasteiger partial charge in [-0.2, -0.15) is 0 Å². The van der Waals surface area contributed by atoms with Crippen LogP contribution < -0.4 is 5.32 Å². The van der Waals surface area contributed by atoms with Crippen LogP contribution in [0.15, 0.2) is 0 Å². The van der Waals surface area contributed by atoms with E-state index in [0.717, 1.165) is 19.3 Å². The van der Waals surface area contributed by atoms with Crippen LogP contribution in [0.25, 0.3) is 0 Å². The molecule has 2 fully saturated rings. The normalized spacial score (nSPS) is 23.6. The van der Waals surface area contributed by atoms with E-state index >= 15 is 0 Å². The largest absolute Gasteiger partial charge is 0.382 e. The van der Waals surface area contributed by atoms with Crippen molar-refractivity contribution in [1.82, 2.24) is 10.2 Å². The van der Waals surface area contributed by atoms with Gasteiger partial charge in [0.15, 0.2) is 0 Å². The van der Waals surface area contributed by atoms with Crippen molar-refractivity contribution in [2.45, 2.75) is 57.9 Å². The zero-order valence-corrected chi connectivity index (χ0v) is 13.1. The molecule has 5 nitrogen and oxygen atoms in total. The van der Waals surface area contributed by atoms with Gasteiger partial charge in [-0.25, -0.2) is 0 Å². The highest BCUT2D eigenvalue weighted by Crippen LogP contribution is 2.28. The van der Waals surface area contributed by atoms with Crippen LogP contribution in [0, 0.1) is 5.92 Å². The van der Waals surface area contributed by atoms with Gasteiger partial charge in [0.1, 0.15) is 0 Å². The monoisotopic (exact) mass is 296 g/mol. The number of likely N-dealkylation sites (tertiary alicyclic amines) is 1. The van der Waals surface area contributed by atoms with Crippen molar-refractivity contribution in [2.75, 3.05) is 26.3 Å². The zero-order valence-electron chi connectivity index (χ0n) is 13.1. The Morgan fingerprint density at radius 1 is 1.33 bits per heavy atom. The highest BCUT2D eigenvalue weighted by atomic mass is 16.5. The van der Waals surface area contributed by atoms with Crippen molar-refractivity contribution in [3.63, 3.8) is 0 Å². The third-order valence-corrected chi connectivity index (χ3v) is 4.51. The lowest BCUT2D eigenvalue weighted by Crippen LogP contribution is -2.39. The summed E-state index contributed by atoms with van der Waals surface area (Å²) < 4.78 is 5.24. The van der Waals surface area contributed by atoms with E-state index in [9.17, 15) is 9.59 Å². The predicted octanol–water partition coefficient (Wildman–Crippen LogP) is 1.71. The predicted molar refractivity (Wildman–Crippen MR) is 80.8 cm³/mol. The first-order valence-electron chi connectivity index (χ1n) is 8.37. The number of rotatable bonds is 7. The molecule has 1 saturated heterocycles. The van der Waals surface area contributed by atoms with Crippen LogP contribution in [0.5, 0.6) is 0 Å². The summed E-state index contributed by atoms with van der Waals surface area (Å²) >= 11 is 0. The fraction of sp³-hybridized carbons (Fsp3) is 0.875. The Morgan fingerprint density at radius 3 is 2.81 bits per heavy atom. The van der Waals surface area contributed by atoms with Crippen molar-refractivity contribution in [3.8, 4) is 0 Å². The molecule has 1 aliphatic carbocycles. The lowest BCUT2D eigenvalue weighted by molar-refractivity contribution is -0.130. The van der Waals surface area contributed by atoms with Gasteiger partial charge in [-0.1, -0.05) is 19.3 Å². The van der Waals surface area contributed by atoms with E-state index in [1.165, 1.54) is 19.3 Å². The van der Waals surface area contributed by atoms with Crippen molar-refractivity contribution >= 4 is 11.8 Å². The molecular formula is C16H28N2O3. The second-order valence-corrected chi connectivity index (χ2v) is 6.08. The summed E-state index contributed by atoms with van der Waals surface area (Å²) in [4.78, 5) is 26.2. The summed E-state index contributed by atoms with van der Waals surface area (Å²) in [6, 6.07) is 0.377. The quantitative estimate of drug-likeness (QED) is 0.728. The fourth-order valence-electron chi connectivity index (χ4n) is 3.33. The number of hydrogen-bond donors (Lipinski definition) is 1. The number of amides is 2. The molecule has 1 aliphatic heterocycles. The smallest absolute Gasteiger partial charge is 0.225 e. The molecule has 0 spiro atoms. The van der Waals surface area contributed by atoms with Gasteiger partial charge >= 0.3 is 0 Å². The second-order valence-electron chi connectivity index (χ2n) is 6.08. The minimum Gasteiger partial charge on any atom is -0.382 e. The van der Waals surface area contributed by atoms with Gasteiger partial charge in [0.05, 0.1) is 5.92 Å². The van der Waals surface area contributed by atoms with Crippen molar-refractivity contribution in [1.29, 1.82) is 0 Å². The van der Waals surface area contributed by atoms with Gasteiger partial charge in [-0.3, -0.25) is 9.59 Å². The van der Waals surface area contributed by atoms with E-state index in [0.29, 0.717) is 38.8 Å². The molecule has 2 amide bonds. The molecule has 0 radical (unpaired) electrons. The topological polar surface area (TPSA) is 58.6 Å². The van der Waals surface area contributed by atoms with E-state index in [4.69, 9.17) is 4.74 Å². The summed E-state index contributed by atoms with van der Waals surface area (Å²) in [7, 11) is 0. The number of nitrogens with one attached hydrogen (secondary N) is 1. The SMILES string of the molecule is CCOCCCNC(=O)[C@@H]1CC(=O)N(C2CCCCC2)C1. The molecule has 1 heterocycles. The van der Waals surface area contributed by atoms with E-state index in [-0.39, 0.29) is 17.7 Å². The van der Waals surface area contributed by atoms with Gasteiger partial charge in [0.25, 0.3) is 0 Å². The molecule has 2 rings (SSSR count). The lowest BCUT2D eigenvalue weighted by Gasteiger charge is -2.31. The van der Waals surface area contributed by atoms with E-state index in [1.54, 1.807) is 0 Å². The van der Waals surface area contributed by atoms with Crippen LogP contribution in [0.2, 0.25) is 0 Å². The molecule has 0 bridgehead atoms. The standard InChI is InChI=1S/C16H28N2O3/c1-2-21-10-6-9-17-16(20)13-11-15(19)18(12-13)14-7-4-3-5-8-14/h13-14H,2-12H2,1H3,(H,17,20)/t13-/m1/s1. The Morgan fingerprint density at radius 2 is 2.10 bits per heavy atom. The first-order chi connectivity index (χ1) is 10.2. The summed E-state index contributed by atoms with van der Waals surface area (Å²) in [5, 5.41) is 2.93. The number of nitrogens with zero attached hydrogens (tertiary/aromatic N) is 1. The maximum atomic E-state index is 12.1. The van der Waals surface area contributed by atoms with Gasteiger partial charge < -0.3 is 15.0 Å². The summed E-state index contributed by atoms with van der Waals surface area (Å²) in [6.07, 6.45) is 7.12. The highest BCUT2D eigenvalue weighted by molar-refractivity contribution is 5.89. The molecule has 1 atom stereocenters. The first-order valence-corrected chi connectivity index (χ1v) is 8.37. The lowest BCUT2D eigenvalue weighted by atomic mass is 9.94. The van der Waals surface area contributed by atoms with E-state index in [1.807, 2.05) is 11.8 Å². The summed E-state index contributed by atoms with van der Waals surface area (Å²) in [5.41, 5.74) is 0. The molecular weight excluding hydrogens is 268 g/mol. The molecule has 120 valence electrons. The van der Waals surface area contributed by atoms with E-state index in [2.05, 4.69) is 5.32 Å². The molecule has 0 aromatic rings. The van der Waals surface area contributed by atoms with E-state index < -0.39 is 0 Å². The second kappa shape index (κ2) is 8.37. The molecule has 5 heteroatoms. The zero-order chi connectivity index (χ0) is 15.1. The molecule has 0 unspecified atom stereocenters. The van der Waals surface area contributed by atoms with Crippen LogP contribution in [0.4, 0.5) is 0 Å². The van der Waals surface area contributed by atoms with Crippen LogP contribution in [0.1, 0.15) is 51.9 Å². The third kappa shape index (κ3) is 4.70. The van der Waals surface area contributed by atoms with Gasteiger partial charge in [0, 0.05) is 38.8 Å². The first kappa shape index (κ1) is 16.3. The Labute approximate surface area is 127 Å². The van der Waals surface area contributed by atoms with Crippen molar-refractivity contribution in [3.05, 3.63) is 0 Å². The average Bonchev–Trinajstić information content (AvgIpc) is 2.90. The molecule has 1 saturated carbocycles. The van der Waals surface area contributed by atoms with Crippen LogP contribution in [0.3, 0.4) is 0 Å². The van der Waals surface area contributed by atoms with Crippen molar-refractivity contribution in [2.24, 2.45) is 5.92 Å². The minimum atomic E-state index is -0.161. The molecule has 21 heavy (non-hydrogen) atoms. The average molecular weight is 296 g/mol. The Hall–Kier alpha value is -1.10. The number of ether oxygens (including phenoxy) is 1. The maximum absolute atomic E-state index is 12.1. The summed E-state index contributed by atoms with van der Waals surface area (Å²) in [6.45, 7) is 4.59. The van der Waals surface area contributed by atoms with Gasteiger partial charge in [0.2, 0.25) is 11.8 Å². The molecule has 0 aromatic carbocycles. The Balaban J connectivity index is 1.72. The highest BCUT2D eigenvalue weighted by Gasteiger charge is 2.37. The molecule has 2 aliphatic rings. The van der Waals surface area contributed by atoms with Crippen molar-refractivity contribution < 1.29 is 14.3 Å². The van der Waals surface area contributed by atoms with Crippen LogP contribution in [-0.2, 0) is 14.3 Å². The fourth-order valence-corrected chi connectivity index (χ4v) is 3.33. The summed E-state index contributed by atoms with van der Waals surface area (Å²) in [5.74, 6) is 0.0287. The third-order valence-electron chi connectivity index (χ3n) is 4.51. The molecule has 1 N–H and O–H groups in total. The molecule has 0 aromatic heterocycles. The van der Waals surface area contributed by atoms with Gasteiger partial charge in [-0.15, -0.1) is 0 Å². The van der Waals surface area contributed by atoms with Crippen LogP contribution in [-0.4, -0.2) is 49.1 Å². The van der Waals surface area contributed by atoms with Crippen LogP contribution >= 0.6 is 0 Å². The Bertz CT molecular complexity index is 353. The van der Waals surface area contributed by atoms with Gasteiger partial charge in [-0.05, 0) is 26.2 Å². The maximum Gasteiger partial charge on any atom is 0.225 e. The number of carbonyl (C=O) groups excluding carboxylic acids is 2.